The number of ether oxygens (including phenoxy) is 1. The van der Waals surface area contributed by atoms with Gasteiger partial charge in [-0.1, -0.05) is 28.9 Å². The van der Waals surface area contributed by atoms with Gasteiger partial charge in [-0.15, -0.1) is 5.10 Å². The second kappa shape index (κ2) is 7.66. The van der Waals surface area contributed by atoms with Crippen molar-refractivity contribution in [2.75, 3.05) is 7.11 Å². The fourth-order valence-corrected chi connectivity index (χ4v) is 3.04. The van der Waals surface area contributed by atoms with Crippen LogP contribution in [0.1, 0.15) is 15.9 Å². The van der Waals surface area contributed by atoms with Crippen LogP contribution >= 0.6 is 11.6 Å². The number of carbonyl (C=O) groups excluding carboxylic acids is 1. The Morgan fingerprint density at radius 3 is 2.75 bits per heavy atom. The van der Waals surface area contributed by atoms with Crippen LogP contribution in [0.3, 0.4) is 0 Å². The standard InChI is InChI=1S/C20H16ClN5O2/c1-28-15-7-4-13(5-8-15)12-23-20(27)16-9-6-14(11-17(16)21)26-19-18(24-25-26)3-2-10-22-19/h2-11H,12H2,1H3,(H,23,27). The van der Waals surface area contributed by atoms with Gasteiger partial charge in [-0.25, -0.2) is 4.98 Å². The Kier molecular flexibility index (Phi) is 4.90. The molecule has 0 aliphatic carbocycles. The molecule has 0 spiro atoms. The van der Waals surface area contributed by atoms with Gasteiger partial charge in [-0.3, -0.25) is 4.79 Å². The number of carbonyl (C=O) groups is 1. The molecule has 0 unspecified atom stereocenters. The molecule has 4 rings (SSSR count). The second-order valence-electron chi connectivity index (χ2n) is 6.04. The van der Waals surface area contributed by atoms with E-state index in [-0.39, 0.29) is 5.91 Å². The first kappa shape index (κ1) is 17.9. The summed E-state index contributed by atoms with van der Waals surface area (Å²) in [6.45, 7) is 0.387. The van der Waals surface area contributed by atoms with Crippen LogP contribution in [0.5, 0.6) is 5.75 Å². The summed E-state index contributed by atoms with van der Waals surface area (Å²) >= 11 is 6.35. The lowest BCUT2D eigenvalue weighted by atomic mass is 10.1. The molecule has 7 nitrogen and oxygen atoms in total. The van der Waals surface area contributed by atoms with Crippen molar-refractivity contribution >= 4 is 28.7 Å². The maximum atomic E-state index is 12.5. The number of methoxy groups -OCH3 is 1. The monoisotopic (exact) mass is 393 g/mol. The lowest BCUT2D eigenvalue weighted by Gasteiger charge is -2.09. The van der Waals surface area contributed by atoms with Gasteiger partial charge in [-0.05, 0) is 48.0 Å². The third-order valence-electron chi connectivity index (χ3n) is 4.26. The van der Waals surface area contributed by atoms with Gasteiger partial charge in [0.05, 0.1) is 23.4 Å². The van der Waals surface area contributed by atoms with Crippen LogP contribution in [0.15, 0.2) is 60.8 Å². The molecule has 4 aromatic rings. The minimum absolute atomic E-state index is 0.256. The van der Waals surface area contributed by atoms with Crippen molar-refractivity contribution in [1.29, 1.82) is 0 Å². The minimum Gasteiger partial charge on any atom is -0.497 e. The lowest BCUT2D eigenvalue weighted by molar-refractivity contribution is 0.0951. The Bertz CT molecular complexity index is 1140. The Morgan fingerprint density at radius 1 is 1.18 bits per heavy atom. The molecular weight excluding hydrogens is 378 g/mol. The highest BCUT2D eigenvalue weighted by Crippen LogP contribution is 2.22. The number of nitrogens with one attached hydrogen (secondary N) is 1. The summed E-state index contributed by atoms with van der Waals surface area (Å²) in [6, 6.07) is 16.2. The van der Waals surface area contributed by atoms with Crippen molar-refractivity contribution in [2.24, 2.45) is 0 Å². The Morgan fingerprint density at radius 2 is 2.00 bits per heavy atom. The Hall–Kier alpha value is -3.45. The van der Waals surface area contributed by atoms with Crippen molar-refractivity contribution < 1.29 is 9.53 Å². The number of nitrogens with zero attached hydrogens (tertiary/aromatic N) is 4. The SMILES string of the molecule is COc1ccc(CNC(=O)c2ccc(-n3nnc4cccnc43)cc2Cl)cc1. The third-order valence-corrected chi connectivity index (χ3v) is 4.58. The third kappa shape index (κ3) is 3.52. The molecule has 0 radical (unpaired) electrons. The summed E-state index contributed by atoms with van der Waals surface area (Å²) in [6.07, 6.45) is 1.67. The maximum absolute atomic E-state index is 12.5. The number of halogens is 1. The summed E-state index contributed by atoms with van der Waals surface area (Å²) in [5.74, 6) is 0.512. The first-order chi connectivity index (χ1) is 13.7. The van der Waals surface area contributed by atoms with E-state index in [9.17, 15) is 4.79 Å². The number of amides is 1. The molecule has 1 N–H and O–H groups in total. The van der Waals surface area contributed by atoms with Crippen LogP contribution in [-0.4, -0.2) is 33.0 Å². The van der Waals surface area contributed by atoms with E-state index in [1.165, 1.54) is 0 Å². The summed E-state index contributed by atoms with van der Waals surface area (Å²) < 4.78 is 6.71. The molecule has 140 valence electrons. The molecule has 0 aliphatic heterocycles. The molecule has 2 aromatic heterocycles. The average molecular weight is 394 g/mol. The van der Waals surface area contributed by atoms with Crippen LogP contribution in [-0.2, 0) is 6.54 Å². The quantitative estimate of drug-likeness (QED) is 0.562. The van der Waals surface area contributed by atoms with E-state index in [0.717, 1.165) is 11.3 Å². The smallest absolute Gasteiger partial charge is 0.253 e. The molecule has 0 atom stereocenters. The van der Waals surface area contributed by atoms with Crippen molar-refractivity contribution in [3.05, 3.63) is 76.9 Å². The van der Waals surface area contributed by atoms with Crippen LogP contribution in [0, 0.1) is 0 Å². The number of fused-ring (bicyclic) bond motifs is 1. The van der Waals surface area contributed by atoms with E-state index >= 15 is 0 Å². The van der Waals surface area contributed by atoms with Crippen LogP contribution < -0.4 is 10.1 Å². The van der Waals surface area contributed by atoms with Crippen molar-refractivity contribution in [3.8, 4) is 11.4 Å². The van der Waals surface area contributed by atoms with Crippen LogP contribution in [0.4, 0.5) is 0 Å². The van der Waals surface area contributed by atoms with E-state index in [2.05, 4.69) is 20.6 Å². The first-order valence-corrected chi connectivity index (χ1v) is 8.91. The van der Waals surface area contributed by atoms with E-state index in [1.54, 1.807) is 42.3 Å². The highest BCUT2D eigenvalue weighted by Gasteiger charge is 2.13. The van der Waals surface area contributed by atoms with E-state index in [0.29, 0.717) is 34.0 Å². The predicted octanol–water partition coefficient (Wildman–Crippen LogP) is 3.41. The molecule has 0 saturated carbocycles. The van der Waals surface area contributed by atoms with E-state index < -0.39 is 0 Å². The molecule has 0 fully saturated rings. The van der Waals surface area contributed by atoms with Crippen molar-refractivity contribution in [3.63, 3.8) is 0 Å². The van der Waals surface area contributed by atoms with Gasteiger partial charge in [0.1, 0.15) is 11.3 Å². The number of hydrogen-bond donors (Lipinski definition) is 1. The van der Waals surface area contributed by atoms with Gasteiger partial charge in [0.15, 0.2) is 5.65 Å². The minimum atomic E-state index is -0.256. The van der Waals surface area contributed by atoms with Gasteiger partial charge in [-0.2, -0.15) is 4.68 Å². The molecular formula is C20H16ClN5O2. The van der Waals surface area contributed by atoms with Gasteiger partial charge in [0.2, 0.25) is 0 Å². The summed E-state index contributed by atoms with van der Waals surface area (Å²) in [4.78, 5) is 16.8. The summed E-state index contributed by atoms with van der Waals surface area (Å²) in [5, 5.41) is 11.4. The molecule has 0 aliphatic rings. The molecule has 2 aromatic carbocycles. The highest BCUT2D eigenvalue weighted by atomic mass is 35.5. The lowest BCUT2D eigenvalue weighted by Crippen LogP contribution is -2.23. The zero-order valence-electron chi connectivity index (χ0n) is 15.0. The number of aromatic nitrogens is 4. The molecule has 1 amide bonds. The predicted molar refractivity (Wildman–Crippen MR) is 106 cm³/mol. The van der Waals surface area contributed by atoms with Crippen LogP contribution in [0.25, 0.3) is 16.9 Å². The fraction of sp³-hybridized carbons (Fsp3) is 0.100. The molecule has 0 bridgehead atoms. The fourth-order valence-electron chi connectivity index (χ4n) is 2.78. The zero-order chi connectivity index (χ0) is 19.5. The Labute approximate surface area is 165 Å². The van der Waals surface area contributed by atoms with E-state index in [4.69, 9.17) is 16.3 Å². The average Bonchev–Trinajstić information content (AvgIpc) is 3.16. The topological polar surface area (TPSA) is 81.9 Å². The van der Waals surface area contributed by atoms with Gasteiger partial charge < -0.3 is 10.1 Å². The maximum Gasteiger partial charge on any atom is 0.253 e. The largest absolute Gasteiger partial charge is 0.497 e. The summed E-state index contributed by atoms with van der Waals surface area (Å²) in [7, 11) is 1.61. The van der Waals surface area contributed by atoms with Crippen molar-refractivity contribution in [2.45, 2.75) is 6.54 Å². The zero-order valence-corrected chi connectivity index (χ0v) is 15.7. The number of pyridine rings is 1. The normalized spacial score (nSPS) is 10.8. The molecule has 2 heterocycles. The van der Waals surface area contributed by atoms with E-state index in [1.807, 2.05) is 30.3 Å². The number of hydrogen-bond acceptors (Lipinski definition) is 5. The van der Waals surface area contributed by atoms with Gasteiger partial charge >= 0.3 is 0 Å². The second-order valence-corrected chi connectivity index (χ2v) is 6.45. The number of benzene rings is 2. The first-order valence-electron chi connectivity index (χ1n) is 8.53. The molecule has 8 heteroatoms. The Balaban J connectivity index is 1.51. The van der Waals surface area contributed by atoms with Gasteiger partial charge in [0, 0.05) is 12.7 Å². The summed E-state index contributed by atoms with van der Waals surface area (Å²) in [5.41, 5.74) is 3.33. The van der Waals surface area contributed by atoms with Crippen LogP contribution in [0.2, 0.25) is 5.02 Å². The van der Waals surface area contributed by atoms with Gasteiger partial charge in [0.25, 0.3) is 5.91 Å². The molecule has 28 heavy (non-hydrogen) atoms. The van der Waals surface area contributed by atoms with Crippen molar-refractivity contribution in [1.82, 2.24) is 25.3 Å². The number of rotatable bonds is 5. The molecule has 0 saturated heterocycles. The highest BCUT2D eigenvalue weighted by molar-refractivity contribution is 6.34.